The number of nitrogens with zero attached hydrogens (tertiary/aromatic N) is 1. The summed E-state index contributed by atoms with van der Waals surface area (Å²) in [4.78, 5) is 4.35. The van der Waals surface area contributed by atoms with Crippen LogP contribution in [-0.4, -0.2) is 26.2 Å². The van der Waals surface area contributed by atoms with E-state index in [0.717, 1.165) is 5.69 Å². The minimum atomic E-state index is 0.362. The van der Waals surface area contributed by atoms with Crippen LogP contribution >= 0.6 is 0 Å². The van der Waals surface area contributed by atoms with Crippen molar-refractivity contribution >= 4 is 11.6 Å². The standard InChI is InChI=1S/C12H20N4O/c1-10(9-17-2)8-14-12(16-13)15-11-6-4-3-5-7-11/h3-7,10H,8-9,13H2,1-2H3,(H2,14,15,16). The number of guanidine groups is 1. The van der Waals surface area contributed by atoms with Crippen molar-refractivity contribution in [1.29, 1.82) is 0 Å². The molecule has 0 bridgehead atoms. The van der Waals surface area contributed by atoms with Crippen molar-refractivity contribution < 1.29 is 4.74 Å². The lowest BCUT2D eigenvalue weighted by Crippen LogP contribution is -2.36. The zero-order valence-electron chi connectivity index (χ0n) is 10.3. The summed E-state index contributed by atoms with van der Waals surface area (Å²) in [6.07, 6.45) is 0. The van der Waals surface area contributed by atoms with E-state index in [2.05, 4.69) is 22.7 Å². The van der Waals surface area contributed by atoms with Crippen LogP contribution in [0.2, 0.25) is 0 Å². The van der Waals surface area contributed by atoms with E-state index in [4.69, 9.17) is 10.6 Å². The fraction of sp³-hybridized carbons (Fsp3) is 0.417. The van der Waals surface area contributed by atoms with Gasteiger partial charge in [-0.15, -0.1) is 0 Å². The lowest BCUT2D eigenvalue weighted by molar-refractivity contribution is 0.163. The van der Waals surface area contributed by atoms with E-state index in [0.29, 0.717) is 25.0 Å². The van der Waals surface area contributed by atoms with Gasteiger partial charge in [-0.25, -0.2) is 5.84 Å². The Bertz CT molecular complexity index is 340. The van der Waals surface area contributed by atoms with Gasteiger partial charge in [-0.3, -0.25) is 10.4 Å². The van der Waals surface area contributed by atoms with Crippen LogP contribution in [0.3, 0.4) is 0 Å². The first-order chi connectivity index (χ1) is 8.26. The summed E-state index contributed by atoms with van der Waals surface area (Å²) in [7, 11) is 1.69. The van der Waals surface area contributed by atoms with Crippen molar-refractivity contribution in [1.82, 2.24) is 5.43 Å². The number of anilines is 1. The average Bonchev–Trinajstić information content (AvgIpc) is 2.36. The van der Waals surface area contributed by atoms with Crippen LogP contribution in [0.15, 0.2) is 35.3 Å². The molecule has 1 unspecified atom stereocenters. The molecular weight excluding hydrogens is 216 g/mol. The van der Waals surface area contributed by atoms with Gasteiger partial charge in [0.15, 0.2) is 0 Å². The minimum Gasteiger partial charge on any atom is -0.384 e. The number of rotatable bonds is 5. The Balaban J connectivity index is 2.50. The summed E-state index contributed by atoms with van der Waals surface area (Å²) in [6.45, 7) is 3.42. The van der Waals surface area contributed by atoms with Gasteiger partial charge in [-0.05, 0) is 18.1 Å². The third-order valence-corrected chi connectivity index (χ3v) is 2.19. The van der Waals surface area contributed by atoms with Crippen molar-refractivity contribution in [2.24, 2.45) is 16.8 Å². The maximum Gasteiger partial charge on any atom is 0.210 e. The molecule has 1 rings (SSSR count). The van der Waals surface area contributed by atoms with Crippen LogP contribution in [0.1, 0.15) is 6.92 Å². The van der Waals surface area contributed by atoms with E-state index in [9.17, 15) is 0 Å². The van der Waals surface area contributed by atoms with Crippen LogP contribution in [0.4, 0.5) is 5.69 Å². The summed E-state index contributed by atoms with van der Waals surface area (Å²) in [5.74, 6) is 6.32. The summed E-state index contributed by atoms with van der Waals surface area (Å²) in [6, 6.07) is 9.75. The highest BCUT2D eigenvalue weighted by molar-refractivity contribution is 5.93. The molecule has 0 aliphatic rings. The molecule has 0 radical (unpaired) electrons. The summed E-state index contributed by atoms with van der Waals surface area (Å²) in [5, 5.41) is 3.10. The molecule has 17 heavy (non-hydrogen) atoms. The Hall–Kier alpha value is -1.59. The highest BCUT2D eigenvalue weighted by Crippen LogP contribution is 2.04. The van der Waals surface area contributed by atoms with Crippen molar-refractivity contribution in [3.63, 3.8) is 0 Å². The van der Waals surface area contributed by atoms with Gasteiger partial charge in [-0.2, -0.15) is 0 Å². The molecule has 1 aromatic carbocycles. The van der Waals surface area contributed by atoms with Crippen LogP contribution < -0.4 is 16.6 Å². The largest absolute Gasteiger partial charge is 0.384 e. The topological polar surface area (TPSA) is 71.7 Å². The number of nitrogens with one attached hydrogen (secondary N) is 2. The number of hydrogen-bond donors (Lipinski definition) is 3. The van der Waals surface area contributed by atoms with Gasteiger partial charge in [0.25, 0.3) is 0 Å². The monoisotopic (exact) mass is 236 g/mol. The Labute approximate surface area is 102 Å². The van der Waals surface area contributed by atoms with E-state index in [1.165, 1.54) is 0 Å². The molecule has 0 aliphatic carbocycles. The highest BCUT2D eigenvalue weighted by atomic mass is 16.5. The number of aliphatic imine (C=N–C) groups is 1. The van der Waals surface area contributed by atoms with Crippen molar-refractivity contribution in [3.05, 3.63) is 30.3 Å². The van der Waals surface area contributed by atoms with Crippen molar-refractivity contribution in [3.8, 4) is 0 Å². The second-order valence-electron chi connectivity index (χ2n) is 3.89. The zero-order chi connectivity index (χ0) is 12.5. The zero-order valence-corrected chi connectivity index (χ0v) is 10.3. The number of para-hydroxylation sites is 1. The number of ether oxygens (including phenoxy) is 1. The second kappa shape index (κ2) is 7.65. The molecule has 1 aromatic rings. The molecule has 4 N–H and O–H groups in total. The fourth-order valence-electron chi connectivity index (χ4n) is 1.36. The molecule has 94 valence electrons. The Kier molecular flexibility index (Phi) is 6.06. The fourth-order valence-corrected chi connectivity index (χ4v) is 1.36. The van der Waals surface area contributed by atoms with E-state index >= 15 is 0 Å². The number of methoxy groups -OCH3 is 1. The quantitative estimate of drug-likeness (QED) is 0.311. The second-order valence-corrected chi connectivity index (χ2v) is 3.89. The van der Waals surface area contributed by atoms with Crippen molar-refractivity contribution in [2.75, 3.05) is 25.6 Å². The first-order valence-electron chi connectivity index (χ1n) is 5.58. The van der Waals surface area contributed by atoms with E-state index in [1.807, 2.05) is 30.3 Å². The third kappa shape index (κ3) is 5.33. The van der Waals surface area contributed by atoms with Crippen LogP contribution in [0, 0.1) is 5.92 Å². The first kappa shape index (κ1) is 13.5. The molecule has 5 heteroatoms. The van der Waals surface area contributed by atoms with Gasteiger partial charge in [0.2, 0.25) is 5.96 Å². The molecular formula is C12H20N4O. The average molecular weight is 236 g/mol. The summed E-state index contributed by atoms with van der Waals surface area (Å²) < 4.78 is 5.05. The molecule has 0 heterocycles. The molecule has 0 saturated carbocycles. The van der Waals surface area contributed by atoms with Gasteiger partial charge in [0.05, 0.1) is 6.61 Å². The van der Waals surface area contributed by atoms with Crippen LogP contribution in [0.25, 0.3) is 0 Å². The van der Waals surface area contributed by atoms with Gasteiger partial charge in [0, 0.05) is 19.3 Å². The van der Waals surface area contributed by atoms with Crippen molar-refractivity contribution in [2.45, 2.75) is 6.92 Å². The van der Waals surface area contributed by atoms with Gasteiger partial charge in [-0.1, -0.05) is 25.1 Å². The maximum atomic E-state index is 5.41. The predicted octanol–water partition coefficient (Wildman–Crippen LogP) is 1.20. The SMILES string of the molecule is COCC(C)CN=C(NN)Nc1ccccc1. The normalized spacial score (nSPS) is 13.2. The van der Waals surface area contributed by atoms with Gasteiger partial charge < -0.3 is 10.1 Å². The molecule has 0 saturated heterocycles. The Morgan fingerprint density at radius 1 is 1.41 bits per heavy atom. The first-order valence-corrected chi connectivity index (χ1v) is 5.58. The minimum absolute atomic E-state index is 0.362. The summed E-state index contributed by atoms with van der Waals surface area (Å²) in [5.41, 5.74) is 3.49. The lowest BCUT2D eigenvalue weighted by Gasteiger charge is -2.11. The molecule has 0 amide bonds. The third-order valence-electron chi connectivity index (χ3n) is 2.19. The van der Waals surface area contributed by atoms with E-state index < -0.39 is 0 Å². The Morgan fingerprint density at radius 3 is 2.71 bits per heavy atom. The molecule has 0 aliphatic heterocycles. The van der Waals surface area contributed by atoms with E-state index in [-0.39, 0.29) is 0 Å². The molecule has 0 aromatic heterocycles. The smallest absolute Gasteiger partial charge is 0.210 e. The number of benzene rings is 1. The number of nitrogens with two attached hydrogens (primary N) is 1. The Morgan fingerprint density at radius 2 is 2.12 bits per heavy atom. The van der Waals surface area contributed by atoms with E-state index in [1.54, 1.807) is 7.11 Å². The molecule has 5 nitrogen and oxygen atoms in total. The van der Waals surface area contributed by atoms with Gasteiger partial charge in [0.1, 0.15) is 0 Å². The van der Waals surface area contributed by atoms with Gasteiger partial charge >= 0.3 is 0 Å². The summed E-state index contributed by atoms with van der Waals surface area (Å²) >= 11 is 0. The maximum absolute atomic E-state index is 5.41. The molecule has 0 fully saturated rings. The number of hydrazine groups is 1. The molecule has 0 spiro atoms. The number of hydrogen-bond acceptors (Lipinski definition) is 3. The predicted molar refractivity (Wildman–Crippen MR) is 70.7 cm³/mol. The highest BCUT2D eigenvalue weighted by Gasteiger charge is 2.01. The van der Waals surface area contributed by atoms with Crippen LogP contribution in [-0.2, 0) is 4.74 Å². The molecule has 1 atom stereocenters. The lowest BCUT2D eigenvalue weighted by atomic mass is 10.2. The van der Waals surface area contributed by atoms with Crippen LogP contribution in [0.5, 0.6) is 0 Å².